The van der Waals surface area contributed by atoms with Crippen LogP contribution in [0.4, 0.5) is 14.5 Å². The highest BCUT2D eigenvalue weighted by atomic mass is 19.1. The Bertz CT molecular complexity index is 552. The van der Waals surface area contributed by atoms with Gasteiger partial charge in [0.05, 0.1) is 25.4 Å². The Hall–Kier alpha value is -1.73. The lowest BCUT2D eigenvalue weighted by Crippen LogP contribution is -2.48. The molecule has 0 aliphatic carbocycles. The van der Waals surface area contributed by atoms with Crippen LogP contribution >= 0.6 is 0 Å². The SMILES string of the molecule is O=C(CNc1ccc(F)cc1F)N1CCC2(CC1)OCCO2. The lowest BCUT2D eigenvalue weighted by atomic mass is 10.0. The first kappa shape index (κ1) is 15.2. The number of carbonyl (C=O) groups is 1. The third-order valence-corrected chi connectivity index (χ3v) is 4.05. The first-order chi connectivity index (χ1) is 10.6. The van der Waals surface area contributed by atoms with E-state index < -0.39 is 17.4 Å². The van der Waals surface area contributed by atoms with Gasteiger partial charge in [-0.05, 0) is 12.1 Å². The molecular formula is C15H18F2N2O3. The second-order valence-electron chi connectivity index (χ2n) is 5.47. The molecule has 2 aliphatic heterocycles. The molecule has 0 unspecified atom stereocenters. The van der Waals surface area contributed by atoms with E-state index in [1.807, 2.05) is 0 Å². The maximum absolute atomic E-state index is 13.5. The van der Waals surface area contributed by atoms with Crippen molar-refractivity contribution in [3.63, 3.8) is 0 Å². The smallest absolute Gasteiger partial charge is 0.241 e. The van der Waals surface area contributed by atoms with E-state index >= 15 is 0 Å². The highest BCUT2D eigenvalue weighted by molar-refractivity contribution is 5.81. The number of nitrogens with one attached hydrogen (secondary N) is 1. The van der Waals surface area contributed by atoms with Crippen LogP contribution in [0, 0.1) is 11.6 Å². The number of carbonyl (C=O) groups excluding carboxylic acids is 1. The normalized spacial score (nSPS) is 20.4. The van der Waals surface area contributed by atoms with E-state index in [4.69, 9.17) is 9.47 Å². The van der Waals surface area contributed by atoms with Crippen molar-refractivity contribution in [1.82, 2.24) is 4.90 Å². The predicted octanol–water partition coefficient (Wildman–Crippen LogP) is 1.74. The molecule has 0 aromatic heterocycles. The molecule has 22 heavy (non-hydrogen) atoms. The van der Waals surface area contributed by atoms with Gasteiger partial charge >= 0.3 is 0 Å². The molecule has 2 fully saturated rings. The van der Waals surface area contributed by atoms with Gasteiger partial charge in [0.15, 0.2) is 5.79 Å². The molecule has 0 saturated carbocycles. The summed E-state index contributed by atoms with van der Waals surface area (Å²) in [5.41, 5.74) is 0.116. The Morgan fingerprint density at radius 1 is 1.23 bits per heavy atom. The van der Waals surface area contributed by atoms with Gasteiger partial charge in [0.25, 0.3) is 0 Å². The summed E-state index contributed by atoms with van der Waals surface area (Å²) in [5, 5.41) is 2.70. The standard InChI is InChI=1S/C15H18F2N2O3/c16-11-1-2-13(12(17)9-11)18-10-14(20)19-5-3-15(4-6-19)21-7-8-22-15/h1-2,9,18H,3-8,10H2. The Balaban J connectivity index is 1.50. The maximum Gasteiger partial charge on any atom is 0.241 e. The number of likely N-dealkylation sites (tertiary alicyclic amines) is 1. The molecule has 0 atom stereocenters. The number of nitrogens with zero attached hydrogens (tertiary/aromatic N) is 1. The van der Waals surface area contributed by atoms with Gasteiger partial charge in [0.2, 0.25) is 5.91 Å². The minimum atomic E-state index is -0.710. The third kappa shape index (κ3) is 3.20. The van der Waals surface area contributed by atoms with Crippen LogP contribution in [0.5, 0.6) is 0 Å². The van der Waals surface area contributed by atoms with Gasteiger partial charge in [-0.1, -0.05) is 0 Å². The van der Waals surface area contributed by atoms with E-state index in [1.165, 1.54) is 6.07 Å². The summed E-state index contributed by atoms with van der Waals surface area (Å²) >= 11 is 0. The van der Waals surface area contributed by atoms with Crippen molar-refractivity contribution < 1.29 is 23.0 Å². The fraction of sp³-hybridized carbons (Fsp3) is 0.533. The van der Waals surface area contributed by atoms with E-state index in [9.17, 15) is 13.6 Å². The molecule has 1 spiro atoms. The van der Waals surface area contributed by atoms with E-state index in [0.29, 0.717) is 39.1 Å². The van der Waals surface area contributed by atoms with Crippen molar-refractivity contribution in [3.05, 3.63) is 29.8 Å². The summed E-state index contributed by atoms with van der Waals surface area (Å²) in [6.45, 7) is 2.26. The first-order valence-corrected chi connectivity index (χ1v) is 7.33. The highest BCUT2D eigenvalue weighted by Crippen LogP contribution is 2.31. The van der Waals surface area contributed by atoms with E-state index in [2.05, 4.69) is 5.32 Å². The maximum atomic E-state index is 13.5. The predicted molar refractivity (Wildman–Crippen MR) is 75.3 cm³/mol. The molecule has 5 nitrogen and oxygen atoms in total. The van der Waals surface area contributed by atoms with Crippen LogP contribution in [0.1, 0.15) is 12.8 Å². The Morgan fingerprint density at radius 2 is 1.91 bits per heavy atom. The largest absolute Gasteiger partial charge is 0.374 e. The van der Waals surface area contributed by atoms with Crippen molar-refractivity contribution in [1.29, 1.82) is 0 Å². The number of amides is 1. The summed E-state index contributed by atoms with van der Waals surface area (Å²) in [6.07, 6.45) is 1.29. The summed E-state index contributed by atoms with van der Waals surface area (Å²) in [6, 6.07) is 3.21. The van der Waals surface area contributed by atoms with Crippen molar-refractivity contribution in [3.8, 4) is 0 Å². The molecule has 0 bridgehead atoms. The molecule has 0 radical (unpaired) electrons. The molecule has 2 saturated heterocycles. The quantitative estimate of drug-likeness (QED) is 0.924. The number of piperidine rings is 1. The molecule has 120 valence electrons. The number of rotatable bonds is 3. The molecule has 1 N–H and O–H groups in total. The van der Waals surface area contributed by atoms with E-state index in [-0.39, 0.29) is 18.1 Å². The zero-order valence-electron chi connectivity index (χ0n) is 12.1. The zero-order valence-corrected chi connectivity index (χ0v) is 12.1. The lowest BCUT2D eigenvalue weighted by Gasteiger charge is -2.37. The molecule has 3 rings (SSSR count). The zero-order chi connectivity index (χ0) is 15.6. The van der Waals surface area contributed by atoms with Crippen molar-refractivity contribution in [2.45, 2.75) is 18.6 Å². The number of halogens is 2. The molecule has 7 heteroatoms. The lowest BCUT2D eigenvalue weighted by molar-refractivity contribution is -0.187. The fourth-order valence-electron chi connectivity index (χ4n) is 2.80. The number of hydrogen-bond donors (Lipinski definition) is 1. The van der Waals surface area contributed by atoms with Gasteiger partial charge in [-0.2, -0.15) is 0 Å². The van der Waals surface area contributed by atoms with Crippen LogP contribution in [0.3, 0.4) is 0 Å². The van der Waals surface area contributed by atoms with Crippen LogP contribution in [0.2, 0.25) is 0 Å². The highest BCUT2D eigenvalue weighted by Gasteiger charge is 2.40. The van der Waals surface area contributed by atoms with Crippen LogP contribution in [-0.4, -0.2) is 49.4 Å². The molecule has 1 aromatic carbocycles. The van der Waals surface area contributed by atoms with Crippen molar-refractivity contribution in [2.75, 3.05) is 38.2 Å². The Kier molecular flexibility index (Phi) is 4.26. The van der Waals surface area contributed by atoms with E-state index in [0.717, 1.165) is 12.1 Å². The second-order valence-corrected chi connectivity index (χ2v) is 5.47. The van der Waals surface area contributed by atoms with Crippen LogP contribution < -0.4 is 5.32 Å². The minimum absolute atomic E-state index is 0.0305. The minimum Gasteiger partial charge on any atom is -0.374 e. The summed E-state index contributed by atoms with van der Waals surface area (Å²) < 4.78 is 37.5. The Labute approximate surface area is 127 Å². The number of ether oxygens (including phenoxy) is 2. The van der Waals surface area contributed by atoms with E-state index in [1.54, 1.807) is 4.90 Å². The summed E-state index contributed by atoms with van der Waals surface area (Å²) in [4.78, 5) is 13.8. The van der Waals surface area contributed by atoms with Gasteiger partial charge < -0.3 is 19.7 Å². The number of benzene rings is 1. The molecule has 1 aromatic rings. The van der Waals surface area contributed by atoms with Gasteiger partial charge in [-0.3, -0.25) is 4.79 Å². The first-order valence-electron chi connectivity index (χ1n) is 7.33. The number of anilines is 1. The van der Waals surface area contributed by atoms with Crippen LogP contribution in [0.25, 0.3) is 0 Å². The third-order valence-electron chi connectivity index (χ3n) is 4.05. The average Bonchev–Trinajstić information content (AvgIpc) is 2.95. The van der Waals surface area contributed by atoms with Gasteiger partial charge in [-0.25, -0.2) is 8.78 Å². The summed E-state index contributed by atoms with van der Waals surface area (Å²) in [7, 11) is 0. The van der Waals surface area contributed by atoms with Crippen LogP contribution in [0.15, 0.2) is 18.2 Å². The van der Waals surface area contributed by atoms with Gasteiger partial charge in [0, 0.05) is 32.0 Å². The Morgan fingerprint density at radius 3 is 2.55 bits per heavy atom. The molecule has 2 aliphatic rings. The van der Waals surface area contributed by atoms with Crippen molar-refractivity contribution in [2.24, 2.45) is 0 Å². The average molecular weight is 312 g/mol. The summed E-state index contributed by atoms with van der Waals surface area (Å²) in [5.74, 6) is -2.00. The van der Waals surface area contributed by atoms with Crippen molar-refractivity contribution >= 4 is 11.6 Å². The van der Waals surface area contributed by atoms with Gasteiger partial charge in [-0.15, -0.1) is 0 Å². The van der Waals surface area contributed by atoms with Crippen LogP contribution in [-0.2, 0) is 14.3 Å². The molecule has 1 amide bonds. The molecular weight excluding hydrogens is 294 g/mol. The fourth-order valence-corrected chi connectivity index (χ4v) is 2.80. The molecule has 2 heterocycles. The number of hydrogen-bond acceptors (Lipinski definition) is 4. The van der Waals surface area contributed by atoms with Gasteiger partial charge in [0.1, 0.15) is 11.6 Å². The second kappa shape index (κ2) is 6.18. The monoisotopic (exact) mass is 312 g/mol. The topological polar surface area (TPSA) is 50.8 Å².